The first-order chi connectivity index (χ1) is 7.53. The number of rotatable bonds is 2. The molecule has 2 amide bonds. The number of hydrogen-bond donors (Lipinski definition) is 1. The second kappa shape index (κ2) is 4.18. The van der Waals surface area contributed by atoms with Crippen LogP contribution in [-0.4, -0.2) is 28.6 Å². The number of carbonyl (C=O) groups excluding carboxylic acids is 1. The molecule has 0 spiro atoms. The summed E-state index contributed by atoms with van der Waals surface area (Å²) in [5.74, 6) is 0.447. The Morgan fingerprint density at radius 3 is 1.94 bits per heavy atom. The maximum Gasteiger partial charge on any atom is 0.318 e. The van der Waals surface area contributed by atoms with Gasteiger partial charge in [0.05, 0.1) is 0 Å². The zero-order valence-corrected chi connectivity index (χ0v) is 12.6. The molecule has 0 aromatic carbocycles. The van der Waals surface area contributed by atoms with Crippen molar-refractivity contribution in [3.63, 3.8) is 0 Å². The third kappa shape index (κ3) is 2.04. The van der Waals surface area contributed by atoms with E-state index >= 15 is 0 Å². The first-order valence-corrected chi connectivity index (χ1v) is 6.63. The second-order valence-corrected chi connectivity index (χ2v) is 6.92. The van der Waals surface area contributed by atoms with Gasteiger partial charge in [-0.1, -0.05) is 27.7 Å². The van der Waals surface area contributed by atoms with Crippen LogP contribution in [0.5, 0.6) is 0 Å². The standard InChI is InChI=1S/C14H28N2O/c1-9(2)11-13(5,6)14(7,8)16(10(3)4)12(17)15-11/h9-11H,1-8H3,(H,15,17). The van der Waals surface area contributed by atoms with Crippen molar-refractivity contribution in [1.82, 2.24) is 10.2 Å². The smallest absolute Gasteiger partial charge is 0.318 e. The van der Waals surface area contributed by atoms with Crippen LogP contribution in [0.25, 0.3) is 0 Å². The number of amides is 2. The molecule has 1 aliphatic rings. The fraction of sp³-hybridized carbons (Fsp3) is 0.929. The van der Waals surface area contributed by atoms with Crippen molar-refractivity contribution in [1.29, 1.82) is 0 Å². The zero-order chi connectivity index (χ0) is 13.6. The van der Waals surface area contributed by atoms with Crippen LogP contribution in [0.1, 0.15) is 55.4 Å². The van der Waals surface area contributed by atoms with E-state index in [0.717, 1.165) is 0 Å². The van der Waals surface area contributed by atoms with Gasteiger partial charge in [-0.15, -0.1) is 0 Å². The number of carbonyl (C=O) groups is 1. The zero-order valence-electron chi connectivity index (χ0n) is 12.6. The van der Waals surface area contributed by atoms with Crippen LogP contribution >= 0.6 is 0 Å². The van der Waals surface area contributed by atoms with E-state index in [1.807, 2.05) is 4.90 Å². The summed E-state index contributed by atoms with van der Waals surface area (Å²) < 4.78 is 0. The highest BCUT2D eigenvalue weighted by molar-refractivity contribution is 5.77. The summed E-state index contributed by atoms with van der Waals surface area (Å²) in [5.41, 5.74) is -0.0994. The Morgan fingerprint density at radius 1 is 1.12 bits per heavy atom. The molecule has 0 aliphatic carbocycles. The van der Waals surface area contributed by atoms with Crippen molar-refractivity contribution < 1.29 is 4.79 Å². The van der Waals surface area contributed by atoms with E-state index < -0.39 is 0 Å². The monoisotopic (exact) mass is 240 g/mol. The van der Waals surface area contributed by atoms with Crippen molar-refractivity contribution in [2.45, 2.75) is 73.0 Å². The lowest BCUT2D eigenvalue weighted by atomic mass is 9.64. The van der Waals surface area contributed by atoms with Crippen molar-refractivity contribution in [3.8, 4) is 0 Å². The topological polar surface area (TPSA) is 32.3 Å². The average molecular weight is 240 g/mol. The molecule has 3 heteroatoms. The van der Waals surface area contributed by atoms with E-state index in [2.05, 4.69) is 60.7 Å². The fourth-order valence-corrected chi connectivity index (χ4v) is 3.21. The van der Waals surface area contributed by atoms with Gasteiger partial charge in [0, 0.05) is 23.0 Å². The molecule has 1 rings (SSSR count). The van der Waals surface area contributed by atoms with Crippen LogP contribution in [0.4, 0.5) is 4.79 Å². The maximum atomic E-state index is 12.3. The van der Waals surface area contributed by atoms with Gasteiger partial charge in [-0.05, 0) is 33.6 Å². The van der Waals surface area contributed by atoms with Gasteiger partial charge in [-0.2, -0.15) is 0 Å². The van der Waals surface area contributed by atoms with E-state index in [0.29, 0.717) is 5.92 Å². The third-order valence-electron chi connectivity index (χ3n) is 4.64. The minimum absolute atomic E-state index is 0.0410. The lowest BCUT2D eigenvalue weighted by Crippen LogP contribution is -2.73. The lowest BCUT2D eigenvalue weighted by Gasteiger charge is -2.59. The quantitative estimate of drug-likeness (QED) is 0.789. The number of nitrogens with one attached hydrogen (secondary N) is 1. The Morgan fingerprint density at radius 2 is 1.59 bits per heavy atom. The molecule has 1 aliphatic heterocycles. The summed E-state index contributed by atoms with van der Waals surface area (Å²) in [5, 5.41) is 3.18. The highest BCUT2D eigenvalue weighted by atomic mass is 16.2. The van der Waals surface area contributed by atoms with Gasteiger partial charge >= 0.3 is 6.03 Å². The van der Waals surface area contributed by atoms with E-state index in [4.69, 9.17) is 0 Å². The molecule has 1 N–H and O–H groups in total. The molecule has 1 heterocycles. The average Bonchev–Trinajstić information content (AvgIpc) is 2.10. The summed E-state index contributed by atoms with van der Waals surface area (Å²) >= 11 is 0. The summed E-state index contributed by atoms with van der Waals surface area (Å²) in [6.07, 6.45) is 0. The summed E-state index contributed by atoms with van der Waals surface area (Å²) in [6, 6.07) is 0.514. The van der Waals surface area contributed by atoms with Crippen LogP contribution in [0.3, 0.4) is 0 Å². The highest BCUT2D eigenvalue weighted by Gasteiger charge is 2.54. The van der Waals surface area contributed by atoms with Gasteiger partial charge in [-0.25, -0.2) is 4.79 Å². The molecule has 100 valence electrons. The Labute approximate surface area is 106 Å². The van der Waals surface area contributed by atoms with Crippen LogP contribution in [0.15, 0.2) is 0 Å². The minimum atomic E-state index is -0.140. The Kier molecular flexibility index (Phi) is 3.52. The SMILES string of the molecule is CC(C)C1NC(=O)N(C(C)C)C(C)(C)C1(C)C. The highest BCUT2D eigenvalue weighted by Crippen LogP contribution is 2.44. The Balaban J connectivity index is 3.20. The molecule has 1 atom stereocenters. The van der Waals surface area contributed by atoms with Crippen molar-refractivity contribution in [3.05, 3.63) is 0 Å². The van der Waals surface area contributed by atoms with Crippen molar-refractivity contribution in [2.24, 2.45) is 11.3 Å². The summed E-state index contributed by atoms with van der Waals surface area (Å²) in [6.45, 7) is 17.4. The van der Waals surface area contributed by atoms with E-state index in [1.54, 1.807) is 0 Å². The van der Waals surface area contributed by atoms with E-state index in [1.165, 1.54) is 0 Å². The van der Waals surface area contributed by atoms with Gasteiger partial charge in [0.1, 0.15) is 0 Å². The molecule has 3 nitrogen and oxygen atoms in total. The van der Waals surface area contributed by atoms with Crippen molar-refractivity contribution in [2.75, 3.05) is 0 Å². The molecule has 0 aromatic rings. The summed E-state index contributed by atoms with van der Waals surface area (Å²) in [7, 11) is 0. The fourth-order valence-electron chi connectivity index (χ4n) is 3.21. The molecule has 0 saturated carbocycles. The minimum Gasteiger partial charge on any atom is -0.334 e. The second-order valence-electron chi connectivity index (χ2n) is 6.92. The molecule has 1 fully saturated rings. The first kappa shape index (κ1) is 14.3. The van der Waals surface area contributed by atoms with Gasteiger partial charge in [0.2, 0.25) is 0 Å². The van der Waals surface area contributed by atoms with Gasteiger partial charge in [0.15, 0.2) is 0 Å². The maximum absolute atomic E-state index is 12.3. The summed E-state index contributed by atoms with van der Waals surface area (Å²) in [4.78, 5) is 14.2. The number of nitrogens with zero attached hydrogens (tertiary/aromatic N) is 1. The van der Waals surface area contributed by atoms with Crippen LogP contribution in [-0.2, 0) is 0 Å². The van der Waals surface area contributed by atoms with Crippen LogP contribution in [0.2, 0.25) is 0 Å². The molecule has 0 bridgehead atoms. The first-order valence-electron chi connectivity index (χ1n) is 6.63. The van der Waals surface area contributed by atoms with Gasteiger partial charge in [-0.3, -0.25) is 0 Å². The van der Waals surface area contributed by atoms with Crippen LogP contribution in [0, 0.1) is 11.3 Å². The van der Waals surface area contributed by atoms with Gasteiger partial charge in [0.25, 0.3) is 0 Å². The Bertz CT molecular complexity index is 305. The van der Waals surface area contributed by atoms with Crippen LogP contribution < -0.4 is 5.32 Å². The molecule has 0 aromatic heterocycles. The Hall–Kier alpha value is -0.730. The lowest BCUT2D eigenvalue weighted by molar-refractivity contribution is -0.0410. The number of hydrogen-bond acceptors (Lipinski definition) is 1. The molecular weight excluding hydrogens is 212 g/mol. The molecule has 0 radical (unpaired) electrons. The predicted molar refractivity (Wildman–Crippen MR) is 72.0 cm³/mol. The molecule has 17 heavy (non-hydrogen) atoms. The largest absolute Gasteiger partial charge is 0.334 e. The number of urea groups is 1. The van der Waals surface area contributed by atoms with E-state index in [-0.39, 0.29) is 29.1 Å². The molecule has 1 unspecified atom stereocenters. The van der Waals surface area contributed by atoms with Gasteiger partial charge < -0.3 is 10.2 Å². The van der Waals surface area contributed by atoms with E-state index in [9.17, 15) is 4.79 Å². The molecular formula is C14H28N2O. The normalized spacial score (nSPS) is 27.5. The third-order valence-corrected chi connectivity index (χ3v) is 4.64. The predicted octanol–water partition coefficient (Wildman–Crippen LogP) is 3.25. The molecule has 1 saturated heterocycles. The van der Waals surface area contributed by atoms with Crippen molar-refractivity contribution >= 4 is 6.03 Å².